The minimum absolute atomic E-state index is 0. The number of nitrogens with one attached hydrogen (secondary N) is 2. The average molecular weight is 520 g/mol. The lowest BCUT2D eigenvalue weighted by Gasteiger charge is -2.15. The first-order chi connectivity index (χ1) is 12.6. The van der Waals surface area contributed by atoms with Gasteiger partial charge in [0.05, 0.1) is 12.7 Å². The Balaban J connectivity index is 0.00000364. The van der Waals surface area contributed by atoms with Crippen LogP contribution in [0.4, 0.5) is 8.78 Å². The zero-order valence-corrected chi connectivity index (χ0v) is 18.1. The standard InChI is InChI=1S/C17H24ClF2N3O3.HI/c1-21-17(22-6-2-7-25-14-5-8-24-11-14)23-10-12-9-13(18)3-4-15(12)26-16(19)20;/h3-4,9,14,16H,2,5-8,10-11H2,1H3,(H2,21,22,23);1H. The van der Waals surface area contributed by atoms with Gasteiger partial charge in [-0.05, 0) is 31.0 Å². The number of alkyl halides is 2. The van der Waals surface area contributed by atoms with Gasteiger partial charge in [-0.25, -0.2) is 0 Å². The molecule has 1 heterocycles. The Morgan fingerprint density at radius 1 is 1.41 bits per heavy atom. The molecule has 0 radical (unpaired) electrons. The van der Waals surface area contributed by atoms with Crippen molar-refractivity contribution in [2.24, 2.45) is 4.99 Å². The lowest BCUT2D eigenvalue weighted by molar-refractivity contribution is -0.0504. The number of rotatable bonds is 9. The van der Waals surface area contributed by atoms with E-state index < -0.39 is 6.61 Å². The number of ether oxygens (including phenoxy) is 3. The number of nitrogens with zero attached hydrogens (tertiary/aromatic N) is 1. The van der Waals surface area contributed by atoms with E-state index in [9.17, 15) is 8.78 Å². The van der Waals surface area contributed by atoms with Gasteiger partial charge in [0, 0.05) is 43.9 Å². The van der Waals surface area contributed by atoms with E-state index in [1.165, 1.54) is 12.1 Å². The van der Waals surface area contributed by atoms with Gasteiger partial charge in [0.15, 0.2) is 5.96 Å². The molecule has 0 aromatic heterocycles. The molecule has 0 bridgehead atoms. The zero-order valence-electron chi connectivity index (χ0n) is 15.1. The molecular weight excluding hydrogens is 495 g/mol. The maximum atomic E-state index is 12.5. The van der Waals surface area contributed by atoms with Gasteiger partial charge in [-0.15, -0.1) is 24.0 Å². The Kier molecular flexibility index (Phi) is 11.9. The Labute approximate surface area is 180 Å². The molecule has 27 heavy (non-hydrogen) atoms. The minimum atomic E-state index is -2.89. The Hall–Kier alpha value is -0.910. The van der Waals surface area contributed by atoms with Crippen LogP contribution in [-0.2, 0) is 16.0 Å². The van der Waals surface area contributed by atoms with E-state index in [-0.39, 0.29) is 42.4 Å². The van der Waals surface area contributed by atoms with Gasteiger partial charge in [-0.2, -0.15) is 8.78 Å². The first kappa shape index (κ1) is 24.1. The highest BCUT2D eigenvalue weighted by molar-refractivity contribution is 14.0. The van der Waals surface area contributed by atoms with E-state index in [2.05, 4.69) is 20.4 Å². The van der Waals surface area contributed by atoms with Gasteiger partial charge in [0.25, 0.3) is 0 Å². The van der Waals surface area contributed by atoms with Crippen LogP contribution in [0.25, 0.3) is 0 Å². The van der Waals surface area contributed by atoms with Crippen LogP contribution in [0.15, 0.2) is 23.2 Å². The van der Waals surface area contributed by atoms with Gasteiger partial charge in [0.2, 0.25) is 0 Å². The first-order valence-electron chi connectivity index (χ1n) is 8.45. The second-order valence-corrected chi connectivity index (χ2v) is 6.13. The molecule has 1 atom stereocenters. The molecule has 154 valence electrons. The molecule has 1 saturated heterocycles. The number of halogens is 4. The molecule has 1 aromatic carbocycles. The number of benzene rings is 1. The lowest BCUT2D eigenvalue weighted by atomic mass is 10.2. The summed E-state index contributed by atoms with van der Waals surface area (Å²) in [5.41, 5.74) is 0.519. The molecule has 0 aliphatic carbocycles. The van der Waals surface area contributed by atoms with Crippen LogP contribution >= 0.6 is 35.6 Å². The van der Waals surface area contributed by atoms with Crippen molar-refractivity contribution in [1.82, 2.24) is 10.6 Å². The molecule has 0 spiro atoms. The molecule has 1 aromatic rings. The van der Waals surface area contributed by atoms with E-state index in [0.29, 0.717) is 36.3 Å². The van der Waals surface area contributed by atoms with Crippen LogP contribution < -0.4 is 15.4 Å². The Bertz CT molecular complexity index is 591. The van der Waals surface area contributed by atoms with Crippen molar-refractivity contribution in [3.05, 3.63) is 28.8 Å². The summed E-state index contributed by atoms with van der Waals surface area (Å²) in [6.07, 6.45) is 1.96. The van der Waals surface area contributed by atoms with E-state index in [1.807, 2.05) is 0 Å². The van der Waals surface area contributed by atoms with Crippen LogP contribution in [0, 0.1) is 0 Å². The molecule has 1 unspecified atom stereocenters. The number of aliphatic imine (C=N–C) groups is 1. The summed E-state index contributed by atoms with van der Waals surface area (Å²) < 4.78 is 40.4. The second-order valence-electron chi connectivity index (χ2n) is 5.69. The van der Waals surface area contributed by atoms with Crippen LogP contribution in [0.3, 0.4) is 0 Å². The van der Waals surface area contributed by atoms with Gasteiger partial charge < -0.3 is 24.8 Å². The maximum Gasteiger partial charge on any atom is 0.387 e. The van der Waals surface area contributed by atoms with Crippen LogP contribution in [-0.4, -0.2) is 52.1 Å². The van der Waals surface area contributed by atoms with E-state index >= 15 is 0 Å². The van der Waals surface area contributed by atoms with Crippen molar-refractivity contribution in [2.45, 2.75) is 32.1 Å². The highest BCUT2D eigenvalue weighted by Crippen LogP contribution is 2.24. The van der Waals surface area contributed by atoms with Gasteiger partial charge >= 0.3 is 6.61 Å². The average Bonchev–Trinajstić information content (AvgIpc) is 3.12. The summed E-state index contributed by atoms with van der Waals surface area (Å²) in [4.78, 5) is 4.10. The predicted octanol–water partition coefficient (Wildman–Crippen LogP) is 3.42. The fraction of sp³-hybridized carbons (Fsp3) is 0.588. The highest BCUT2D eigenvalue weighted by Gasteiger charge is 2.15. The predicted molar refractivity (Wildman–Crippen MR) is 111 cm³/mol. The van der Waals surface area contributed by atoms with E-state index in [1.54, 1.807) is 13.1 Å². The topological polar surface area (TPSA) is 64.1 Å². The summed E-state index contributed by atoms with van der Waals surface area (Å²) in [6.45, 7) is 0.0947. The summed E-state index contributed by atoms with van der Waals surface area (Å²) in [5.74, 6) is 0.636. The molecule has 6 nitrogen and oxygen atoms in total. The van der Waals surface area contributed by atoms with Crippen molar-refractivity contribution >= 4 is 41.5 Å². The maximum absolute atomic E-state index is 12.5. The third-order valence-corrected chi connectivity index (χ3v) is 4.00. The van der Waals surface area contributed by atoms with Crippen LogP contribution in [0.1, 0.15) is 18.4 Å². The molecule has 2 rings (SSSR count). The SMILES string of the molecule is CN=C(NCCCOC1CCOC1)NCc1cc(Cl)ccc1OC(F)F.I. The Morgan fingerprint density at radius 3 is 2.89 bits per heavy atom. The normalized spacial score (nSPS) is 16.9. The third kappa shape index (κ3) is 9.22. The van der Waals surface area contributed by atoms with Gasteiger partial charge in [-0.1, -0.05) is 11.6 Å². The first-order valence-corrected chi connectivity index (χ1v) is 8.83. The van der Waals surface area contributed by atoms with Crippen molar-refractivity contribution < 1.29 is 23.0 Å². The lowest BCUT2D eigenvalue weighted by Crippen LogP contribution is -2.37. The summed E-state index contributed by atoms with van der Waals surface area (Å²) in [5, 5.41) is 6.64. The molecule has 2 N–H and O–H groups in total. The fourth-order valence-corrected chi connectivity index (χ4v) is 2.66. The van der Waals surface area contributed by atoms with Crippen molar-refractivity contribution in [3.8, 4) is 5.75 Å². The van der Waals surface area contributed by atoms with Crippen LogP contribution in [0.5, 0.6) is 5.75 Å². The molecule has 1 aliphatic rings. The molecule has 0 amide bonds. The zero-order chi connectivity index (χ0) is 18.8. The fourth-order valence-electron chi connectivity index (χ4n) is 2.47. The number of hydrogen-bond donors (Lipinski definition) is 2. The van der Waals surface area contributed by atoms with Gasteiger partial charge in [-0.3, -0.25) is 4.99 Å². The monoisotopic (exact) mass is 519 g/mol. The quantitative estimate of drug-likeness (QED) is 0.227. The largest absolute Gasteiger partial charge is 0.434 e. The van der Waals surface area contributed by atoms with E-state index in [0.717, 1.165) is 19.4 Å². The van der Waals surface area contributed by atoms with Crippen molar-refractivity contribution in [1.29, 1.82) is 0 Å². The molecule has 1 aliphatic heterocycles. The van der Waals surface area contributed by atoms with Gasteiger partial charge in [0.1, 0.15) is 5.75 Å². The summed E-state index contributed by atoms with van der Waals surface area (Å²) in [6, 6.07) is 4.51. The molecule has 0 saturated carbocycles. The number of guanidine groups is 1. The number of hydrogen-bond acceptors (Lipinski definition) is 4. The minimum Gasteiger partial charge on any atom is -0.434 e. The summed E-state index contributed by atoms with van der Waals surface area (Å²) in [7, 11) is 1.64. The Morgan fingerprint density at radius 2 is 2.22 bits per heavy atom. The third-order valence-electron chi connectivity index (χ3n) is 3.76. The molecule has 1 fully saturated rings. The van der Waals surface area contributed by atoms with Crippen molar-refractivity contribution in [2.75, 3.05) is 33.4 Å². The van der Waals surface area contributed by atoms with Crippen LogP contribution in [0.2, 0.25) is 5.02 Å². The van der Waals surface area contributed by atoms with Crippen molar-refractivity contribution in [3.63, 3.8) is 0 Å². The smallest absolute Gasteiger partial charge is 0.387 e. The molecule has 10 heteroatoms. The van der Waals surface area contributed by atoms with E-state index in [4.69, 9.17) is 21.1 Å². The highest BCUT2D eigenvalue weighted by atomic mass is 127. The molecular formula is C17H25ClF2IN3O3. The summed E-state index contributed by atoms with van der Waals surface area (Å²) >= 11 is 5.94. The second kappa shape index (κ2) is 13.3.